The first kappa shape index (κ1) is 16.9. The second-order valence-electron chi connectivity index (χ2n) is 4.63. The van der Waals surface area contributed by atoms with Gasteiger partial charge in [0.1, 0.15) is 0 Å². The Hall–Kier alpha value is -1.20. The van der Waals surface area contributed by atoms with E-state index in [-0.39, 0.29) is 5.57 Å². The lowest BCUT2D eigenvalue weighted by Gasteiger charge is -2.31. The molecule has 0 saturated heterocycles. The predicted molar refractivity (Wildman–Crippen MR) is 76.5 cm³/mol. The molecule has 0 aromatic carbocycles. The molecule has 0 bridgehead atoms. The standard InChI is InChI=1S/C13H17Cl2NO4/c1-2-3-4-5-6-13(14)7-8-16(15)10(12(19)20)9(13)11(17)18/h7-8H,2-6H2,1H3,(H,17,18)(H,19,20). The summed E-state index contributed by atoms with van der Waals surface area (Å²) in [6, 6.07) is 0. The van der Waals surface area contributed by atoms with Crippen LogP contribution in [0.1, 0.15) is 39.0 Å². The van der Waals surface area contributed by atoms with Gasteiger partial charge in [0.05, 0.1) is 10.4 Å². The van der Waals surface area contributed by atoms with E-state index >= 15 is 0 Å². The average molecular weight is 322 g/mol. The van der Waals surface area contributed by atoms with Crippen molar-refractivity contribution < 1.29 is 19.8 Å². The van der Waals surface area contributed by atoms with Gasteiger partial charge in [-0.1, -0.05) is 32.6 Å². The van der Waals surface area contributed by atoms with Crippen molar-refractivity contribution in [2.45, 2.75) is 43.9 Å². The number of carboxylic acid groups (broad SMARTS) is 2. The van der Waals surface area contributed by atoms with Crippen LogP contribution in [0.2, 0.25) is 0 Å². The predicted octanol–water partition coefficient (Wildman–Crippen LogP) is 3.34. The average Bonchev–Trinajstić information content (AvgIpc) is 2.36. The Labute approximate surface area is 127 Å². The minimum Gasteiger partial charge on any atom is -0.478 e. The molecule has 1 unspecified atom stereocenters. The highest BCUT2D eigenvalue weighted by molar-refractivity contribution is 6.32. The molecule has 5 nitrogen and oxygen atoms in total. The van der Waals surface area contributed by atoms with Crippen LogP contribution >= 0.6 is 23.4 Å². The Balaban J connectivity index is 3.07. The molecular weight excluding hydrogens is 305 g/mol. The van der Waals surface area contributed by atoms with Crippen molar-refractivity contribution in [2.24, 2.45) is 0 Å². The summed E-state index contributed by atoms with van der Waals surface area (Å²) in [6.45, 7) is 2.06. The van der Waals surface area contributed by atoms with Gasteiger partial charge < -0.3 is 10.2 Å². The first-order chi connectivity index (χ1) is 9.33. The zero-order chi connectivity index (χ0) is 15.3. The van der Waals surface area contributed by atoms with Crippen LogP contribution in [0.15, 0.2) is 23.5 Å². The number of carbonyl (C=O) groups is 2. The number of hydrogen-bond acceptors (Lipinski definition) is 3. The molecule has 1 aliphatic heterocycles. The molecule has 0 saturated carbocycles. The summed E-state index contributed by atoms with van der Waals surface area (Å²) in [5, 5.41) is 18.4. The zero-order valence-electron chi connectivity index (χ0n) is 11.1. The maximum absolute atomic E-state index is 11.4. The maximum Gasteiger partial charge on any atom is 0.354 e. The largest absolute Gasteiger partial charge is 0.478 e. The summed E-state index contributed by atoms with van der Waals surface area (Å²) >= 11 is 12.1. The monoisotopic (exact) mass is 321 g/mol. The van der Waals surface area contributed by atoms with E-state index in [1.165, 1.54) is 12.3 Å². The number of aliphatic carboxylic acids is 2. The van der Waals surface area contributed by atoms with Crippen molar-refractivity contribution in [2.75, 3.05) is 0 Å². The van der Waals surface area contributed by atoms with Crippen LogP contribution in [0, 0.1) is 0 Å². The fourth-order valence-electron chi connectivity index (χ4n) is 2.14. The molecule has 20 heavy (non-hydrogen) atoms. The number of nitrogens with zero attached hydrogens (tertiary/aromatic N) is 1. The van der Waals surface area contributed by atoms with Gasteiger partial charge in [-0.05, 0) is 12.5 Å². The summed E-state index contributed by atoms with van der Waals surface area (Å²) in [5.41, 5.74) is -0.896. The van der Waals surface area contributed by atoms with E-state index in [2.05, 4.69) is 6.92 Å². The van der Waals surface area contributed by atoms with Crippen LogP contribution in [-0.4, -0.2) is 31.4 Å². The zero-order valence-corrected chi connectivity index (χ0v) is 12.6. The molecule has 0 amide bonds. The molecule has 0 aromatic rings. The number of carboxylic acids is 2. The van der Waals surface area contributed by atoms with Crippen molar-refractivity contribution >= 4 is 35.3 Å². The van der Waals surface area contributed by atoms with Crippen molar-refractivity contribution in [1.82, 2.24) is 4.42 Å². The Morgan fingerprint density at radius 1 is 1.25 bits per heavy atom. The second kappa shape index (κ2) is 6.99. The minimum atomic E-state index is -1.42. The van der Waals surface area contributed by atoms with Gasteiger partial charge in [-0.25, -0.2) is 9.59 Å². The minimum absolute atomic E-state index is 0.355. The molecule has 0 radical (unpaired) electrons. The van der Waals surface area contributed by atoms with Crippen LogP contribution in [0.3, 0.4) is 0 Å². The molecule has 1 aliphatic rings. The van der Waals surface area contributed by atoms with Gasteiger partial charge >= 0.3 is 11.9 Å². The number of unbranched alkanes of at least 4 members (excludes halogenated alkanes) is 3. The third-order valence-corrected chi connectivity index (χ3v) is 3.93. The van der Waals surface area contributed by atoms with Gasteiger partial charge in [0, 0.05) is 18.0 Å². The fourth-order valence-corrected chi connectivity index (χ4v) is 2.71. The second-order valence-corrected chi connectivity index (χ2v) is 5.67. The lowest BCUT2D eigenvalue weighted by atomic mass is 9.88. The summed E-state index contributed by atoms with van der Waals surface area (Å²) in [7, 11) is 0. The molecule has 112 valence electrons. The van der Waals surface area contributed by atoms with Gasteiger partial charge in [0.25, 0.3) is 0 Å². The van der Waals surface area contributed by atoms with E-state index in [0.29, 0.717) is 12.8 Å². The lowest BCUT2D eigenvalue weighted by molar-refractivity contribution is -0.137. The van der Waals surface area contributed by atoms with Crippen molar-refractivity contribution in [1.29, 1.82) is 0 Å². The first-order valence-corrected chi connectivity index (χ1v) is 7.09. The van der Waals surface area contributed by atoms with Crippen molar-refractivity contribution in [3.63, 3.8) is 0 Å². The Kier molecular flexibility index (Phi) is 5.89. The van der Waals surface area contributed by atoms with Crippen LogP contribution < -0.4 is 0 Å². The lowest BCUT2D eigenvalue weighted by Crippen LogP contribution is -2.36. The van der Waals surface area contributed by atoms with Crippen LogP contribution in [-0.2, 0) is 9.59 Å². The maximum atomic E-state index is 11.4. The molecule has 1 heterocycles. The van der Waals surface area contributed by atoms with E-state index < -0.39 is 22.5 Å². The topological polar surface area (TPSA) is 77.8 Å². The van der Waals surface area contributed by atoms with E-state index in [1.807, 2.05) is 0 Å². The molecule has 0 aromatic heterocycles. The highest BCUT2D eigenvalue weighted by atomic mass is 35.5. The molecule has 2 N–H and O–H groups in total. The van der Waals surface area contributed by atoms with Crippen LogP contribution in [0.5, 0.6) is 0 Å². The summed E-state index contributed by atoms with van der Waals surface area (Å²) in [6.07, 6.45) is 6.77. The van der Waals surface area contributed by atoms with Crippen molar-refractivity contribution in [3.05, 3.63) is 23.5 Å². The summed E-state index contributed by atoms with van der Waals surface area (Å²) in [5.74, 6) is -2.79. The molecular formula is C13H17Cl2NO4. The van der Waals surface area contributed by atoms with Crippen LogP contribution in [0.4, 0.5) is 0 Å². The fraction of sp³-hybridized carbons (Fsp3) is 0.538. The number of rotatable bonds is 7. The van der Waals surface area contributed by atoms with E-state index in [0.717, 1.165) is 23.7 Å². The summed E-state index contributed by atoms with van der Waals surface area (Å²) in [4.78, 5) is 21.3. The van der Waals surface area contributed by atoms with Gasteiger partial charge in [-0.15, -0.1) is 11.6 Å². The number of allylic oxidation sites excluding steroid dienone is 1. The summed E-state index contributed by atoms with van der Waals surface area (Å²) < 4.78 is 0.748. The molecule has 0 spiro atoms. The smallest absolute Gasteiger partial charge is 0.354 e. The molecule has 1 rings (SSSR count). The van der Waals surface area contributed by atoms with E-state index in [9.17, 15) is 14.7 Å². The van der Waals surface area contributed by atoms with Crippen LogP contribution in [0.25, 0.3) is 0 Å². The van der Waals surface area contributed by atoms with Gasteiger partial charge in [0.15, 0.2) is 5.70 Å². The normalized spacial score (nSPS) is 22.2. The Morgan fingerprint density at radius 3 is 2.40 bits per heavy atom. The molecule has 0 aliphatic carbocycles. The highest BCUT2D eigenvalue weighted by Gasteiger charge is 2.42. The molecule has 1 atom stereocenters. The Morgan fingerprint density at radius 2 is 1.90 bits per heavy atom. The SMILES string of the molecule is CCCCCCC1(Cl)C=CN(Cl)C(C(=O)O)=C1C(=O)O. The van der Waals surface area contributed by atoms with E-state index in [4.69, 9.17) is 28.5 Å². The number of halogens is 2. The van der Waals surface area contributed by atoms with Gasteiger partial charge in [0.2, 0.25) is 0 Å². The quantitative estimate of drug-likeness (QED) is 0.427. The number of hydrogen-bond donors (Lipinski definition) is 2. The van der Waals surface area contributed by atoms with Gasteiger partial charge in [-0.3, -0.25) is 4.42 Å². The molecule has 7 heteroatoms. The highest BCUT2D eigenvalue weighted by Crippen LogP contribution is 2.39. The van der Waals surface area contributed by atoms with Gasteiger partial charge in [-0.2, -0.15) is 0 Å². The van der Waals surface area contributed by atoms with E-state index in [1.54, 1.807) is 0 Å². The third-order valence-electron chi connectivity index (χ3n) is 3.15. The first-order valence-electron chi connectivity index (χ1n) is 6.38. The van der Waals surface area contributed by atoms with Crippen molar-refractivity contribution in [3.8, 4) is 0 Å². The Bertz CT molecular complexity index is 461. The third kappa shape index (κ3) is 3.67. The molecule has 0 fully saturated rings. The number of alkyl halides is 1.